The lowest BCUT2D eigenvalue weighted by molar-refractivity contribution is -0.149. The van der Waals surface area contributed by atoms with Crippen LogP contribution in [0.2, 0.25) is 0 Å². The van der Waals surface area contributed by atoms with Crippen molar-refractivity contribution in [1.82, 2.24) is 9.88 Å². The van der Waals surface area contributed by atoms with Crippen LogP contribution in [0, 0.1) is 5.92 Å². The number of carboxylic acid groups (broad SMARTS) is 1. The van der Waals surface area contributed by atoms with E-state index in [2.05, 4.69) is 26.2 Å². The molecule has 0 saturated carbocycles. The normalized spacial score (nSPS) is 20.4. The van der Waals surface area contributed by atoms with E-state index in [1.54, 1.807) is 42.5 Å². The number of hydrogen-bond donors (Lipinski definition) is 3. The summed E-state index contributed by atoms with van der Waals surface area (Å²) >= 11 is 5.40. The Labute approximate surface area is 226 Å². The molecule has 2 aliphatic rings. The molecular formula is C24H18BrN3O7S2. The lowest BCUT2D eigenvalue weighted by atomic mass is 9.82. The maximum absolute atomic E-state index is 13.4. The van der Waals surface area contributed by atoms with E-state index in [1.807, 2.05) is 6.07 Å². The quantitative estimate of drug-likeness (QED) is 0.349. The molecule has 13 heteroatoms. The van der Waals surface area contributed by atoms with Crippen LogP contribution in [0.1, 0.15) is 16.4 Å². The van der Waals surface area contributed by atoms with E-state index in [4.69, 9.17) is 4.74 Å². The van der Waals surface area contributed by atoms with E-state index in [9.17, 15) is 29.1 Å². The summed E-state index contributed by atoms with van der Waals surface area (Å²) in [6.45, 7) is -1.07. The summed E-state index contributed by atoms with van der Waals surface area (Å²) in [5.41, 5.74) is 1.10. The number of nitrogens with one attached hydrogen (secondary N) is 2. The zero-order valence-corrected chi connectivity index (χ0v) is 22.0. The van der Waals surface area contributed by atoms with Crippen molar-refractivity contribution in [2.75, 3.05) is 18.5 Å². The minimum Gasteiger partial charge on any atom is -0.483 e. The van der Waals surface area contributed by atoms with E-state index in [0.717, 1.165) is 28.0 Å². The second-order valence-corrected chi connectivity index (χ2v) is 11.4. The molecule has 0 radical (unpaired) electrons. The molecule has 1 saturated heterocycles. The number of H-pyrrole nitrogens is 1. The van der Waals surface area contributed by atoms with Crippen LogP contribution < -0.4 is 14.9 Å². The molecule has 2 aliphatic heterocycles. The highest BCUT2D eigenvalue weighted by Crippen LogP contribution is 2.54. The molecule has 190 valence electrons. The first kappa shape index (κ1) is 25.2. The van der Waals surface area contributed by atoms with Crippen LogP contribution in [0.3, 0.4) is 0 Å². The average Bonchev–Trinajstić information content (AvgIpc) is 3.34. The van der Waals surface area contributed by atoms with Crippen molar-refractivity contribution in [3.63, 3.8) is 0 Å². The number of fused-ring (bicyclic) bond motifs is 2. The van der Waals surface area contributed by atoms with Gasteiger partial charge in [0.1, 0.15) is 17.5 Å². The van der Waals surface area contributed by atoms with Gasteiger partial charge < -0.3 is 20.1 Å². The first-order valence-electron chi connectivity index (χ1n) is 11.0. The number of aromatic nitrogens is 1. The molecule has 10 nitrogen and oxygen atoms in total. The number of carboxylic acids is 1. The van der Waals surface area contributed by atoms with Crippen LogP contribution >= 0.6 is 39.0 Å². The Morgan fingerprint density at radius 2 is 1.86 bits per heavy atom. The van der Waals surface area contributed by atoms with Gasteiger partial charge in [0.15, 0.2) is 6.61 Å². The molecule has 2 aromatic carbocycles. The highest BCUT2D eigenvalue weighted by Gasteiger charge is 2.56. The number of halogens is 1. The molecule has 0 bridgehead atoms. The fourth-order valence-electron chi connectivity index (χ4n) is 4.46. The van der Waals surface area contributed by atoms with Gasteiger partial charge in [-0.1, -0.05) is 57.2 Å². The van der Waals surface area contributed by atoms with Gasteiger partial charge in [0, 0.05) is 26.5 Å². The van der Waals surface area contributed by atoms with Crippen molar-refractivity contribution in [2.24, 2.45) is 5.92 Å². The van der Waals surface area contributed by atoms with Gasteiger partial charge in [0.05, 0.1) is 10.9 Å². The van der Waals surface area contributed by atoms with Crippen LogP contribution in [0.4, 0.5) is 5.69 Å². The number of rotatable bonds is 7. The van der Waals surface area contributed by atoms with E-state index < -0.39 is 47.3 Å². The first-order chi connectivity index (χ1) is 17.7. The van der Waals surface area contributed by atoms with Crippen molar-refractivity contribution in [3.8, 4) is 5.75 Å². The number of carbonyl (C=O) groups excluding carboxylic acids is 3. The SMILES string of the molecule is O=C(O)CN1C(=O)C2Sc3[nH]c(=O)sc3[C@@H](c3cc(Br)ccc3OCC(=O)Nc3ccccc3)C2C1=O. The third-order valence-corrected chi connectivity index (χ3v) is 8.83. The maximum Gasteiger partial charge on any atom is 0.323 e. The maximum atomic E-state index is 13.4. The number of hydrogen-bond acceptors (Lipinski definition) is 8. The summed E-state index contributed by atoms with van der Waals surface area (Å²) < 4.78 is 6.53. The van der Waals surface area contributed by atoms with Gasteiger partial charge in [-0.05, 0) is 30.3 Å². The van der Waals surface area contributed by atoms with Gasteiger partial charge in [-0.15, -0.1) is 0 Å². The van der Waals surface area contributed by atoms with Crippen LogP contribution in [0.15, 0.2) is 62.8 Å². The van der Waals surface area contributed by atoms with Crippen molar-refractivity contribution in [2.45, 2.75) is 16.2 Å². The Hall–Kier alpha value is -3.42. The van der Waals surface area contributed by atoms with Gasteiger partial charge in [0.2, 0.25) is 11.8 Å². The molecule has 0 spiro atoms. The standard InChI is InChI=1S/C24H18BrN3O7S2/c25-11-6-7-14(35-10-15(29)26-12-4-2-1-3-5-12)13(8-11)17-18-20(36-21-19(17)37-24(34)27-21)23(33)28(22(18)32)9-16(30)31/h1-8,17-18,20H,9-10H2,(H,26,29)(H,27,34)(H,30,31)/t17-,18?,20?/m0/s1. The third kappa shape index (κ3) is 4.93. The predicted molar refractivity (Wildman–Crippen MR) is 139 cm³/mol. The molecular weight excluding hydrogens is 586 g/mol. The number of ether oxygens (including phenoxy) is 1. The molecule has 3 heterocycles. The number of amides is 3. The highest BCUT2D eigenvalue weighted by molar-refractivity contribution is 9.10. The number of para-hydroxylation sites is 1. The largest absolute Gasteiger partial charge is 0.483 e. The second-order valence-electron chi connectivity index (χ2n) is 8.29. The molecule has 1 fully saturated rings. The zero-order chi connectivity index (χ0) is 26.3. The lowest BCUT2D eigenvalue weighted by Gasteiger charge is -2.31. The number of imide groups is 1. The molecule has 3 atom stereocenters. The van der Waals surface area contributed by atoms with Gasteiger partial charge in [-0.2, -0.15) is 0 Å². The lowest BCUT2D eigenvalue weighted by Crippen LogP contribution is -2.36. The average molecular weight is 604 g/mol. The summed E-state index contributed by atoms with van der Waals surface area (Å²) in [5.74, 6) is -4.38. The van der Waals surface area contributed by atoms with Crippen molar-refractivity contribution in [1.29, 1.82) is 0 Å². The number of nitrogens with zero attached hydrogens (tertiary/aromatic N) is 1. The summed E-state index contributed by atoms with van der Waals surface area (Å²) in [5, 5.41) is 11.5. The smallest absolute Gasteiger partial charge is 0.323 e. The number of carbonyl (C=O) groups is 4. The van der Waals surface area contributed by atoms with E-state index in [0.29, 0.717) is 31.4 Å². The van der Waals surface area contributed by atoms with Gasteiger partial charge in [-0.3, -0.25) is 28.9 Å². The summed E-state index contributed by atoms with van der Waals surface area (Å²) in [6.07, 6.45) is 0. The predicted octanol–water partition coefficient (Wildman–Crippen LogP) is 2.89. The van der Waals surface area contributed by atoms with E-state index in [-0.39, 0.29) is 11.5 Å². The zero-order valence-electron chi connectivity index (χ0n) is 18.8. The Morgan fingerprint density at radius 1 is 1.11 bits per heavy atom. The monoisotopic (exact) mass is 603 g/mol. The number of thiazole rings is 1. The van der Waals surface area contributed by atoms with Crippen molar-refractivity contribution < 1.29 is 29.0 Å². The Morgan fingerprint density at radius 3 is 2.59 bits per heavy atom. The first-order valence-corrected chi connectivity index (χ1v) is 13.5. The second kappa shape index (κ2) is 10.1. The number of anilines is 1. The Balaban J connectivity index is 1.51. The van der Waals surface area contributed by atoms with Gasteiger partial charge in [-0.25, -0.2) is 0 Å². The van der Waals surface area contributed by atoms with E-state index in [1.165, 1.54) is 0 Å². The Bertz CT molecular complexity index is 1470. The molecule has 5 rings (SSSR count). The number of thioether (sulfide) groups is 1. The molecule has 3 aromatic rings. The molecule has 1 aromatic heterocycles. The molecule has 3 amide bonds. The van der Waals surface area contributed by atoms with E-state index >= 15 is 0 Å². The van der Waals surface area contributed by atoms with Gasteiger partial charge >= 0.3 is 10.8 Å². The highest BCUT2D eigenvalue weighted by atomic mass is 79.9. The summed E-state index contributed by atoms with van der Waals surface area (Å²) in [6, 6.07) is 13.9. The number of benzene rings is 2. The molecule has 37 heavy (non-hydrogen) atoms. The minimum atomic E-state index is -1.30. The minimum absolute atomic E-state index is 0.297. The fourth-order valence-corrected chi connectivity index (χ4v) is 7.36. The van der Waals surface area contributed by atoms with Crippen LogP contribution in [0.5, 0.6) is 5.75 Å². The molecule has 2 unspecified atom stereocenters. The van der Waals surface area contributed by atoms with Crippen molar-refractivity contribution in [3.05, 3.63) is 73.1 Å². The third-order valence-electron chi connectivity index (χ3n) is 5.93. The van der Waals surface area contributed by atoms with Crippen LogP contribution in [-0.2, 0) is 19.2 Å². The number of likely N-dealkylation sites (tertiary alicyclic amines) is 1. The van der Waals surface area contributed by atoms with Crippen LogP contribution in [-0.4, -0.2) is 57.1 Å². The Kier molecular flexibility index (Phi) is 6.92. The number of aliphatic carboxylic acids is 1. The molecule has 0 aliphatic carbocycles. The van der Waals surface area contributed by atoms with Crippen molar-refractivity contribution >= 4 is 68.4 Å². The summed E-state index contributed by atoms with van der Waals surface area (Å²) in [4.78, 5) is 66.2. The molecule has 3 N–H and O–H groups in total. The van der Waals surface area contributed by atoms with Gasteiger partial charge in [0.25, 0.3) is 5.91 Å². The number of aromatic amines is 1. The fraction of sp³-hybridized carbons (Fsp3) is 0.208. The van der Waals surface area contributed by atoms with Crippen LogP contribution in [0.25, 0.3) is 0 Å². The topological polar surface area (TPSA) is 146 Å². The summed E-state index contributed by atoms with van der Waals surface area (Å²) in [7, 11) is 0.